The Bertz CT molecular complexity index is 1280. The summed E-state index contributed by atoms with van der Waals surface area (Å²) in [4.78, 5) is 23.5. The van der Waals surface area contributed by atoms with Crippen LogP contribution in [0, 0.1) is 6.92 Å². The fourth-order valence-corrected chi connectivity index (χ4v) is 5.30. The Morgan fingerprint density at radius 1 is 1.03 bits per heavy atom. The van der Waals surface area contributed by atoms with Crippen molar-refractivity contribution in [2.75, 3.05) is 42.9 Å². The summed E-state index contributed by atoms with van der Waals surface area (Å²) >= 11 is 1.72. The molecule has 0 unspecified atom stereocenters. The predicted octanol–water partition coefficient (Wildman–Crippen LogP) is 5.33. The molecular weight excluding hydrogens is 454 g/mol. The first kappa shape index (κ1) is 23.5. The molecule has 1 aliphatic rings. The maximum Gasteiger partial charge on any atom is 0.255 e. The lowest BCUT2D eigenvalue weighted by atomic mass is 10.1. The molecule has 2 aromatic carbocycles. The highest BCUT2D eigenvalue weighted by molar-refractivity contribution is 7.98. The molecule has 0 bridgehead atoms. The molecule has 5 rings (SSSR count). The van der Waals surface area contributed by atoms with E-state index in [0.717, 1.165) is 60.4 Å². The summed E-state index contributed by atoms with van der Waals surface area (Å²) in [5, 5.41) is 3.05. The monoisotopic (exact) mass is 485 g/mol. The minimum atomic E-state index is -0.0920. The van der Waals surface area contributed by atoms with Gasteiger partial charge in [0.25, 0.3) is 5.91 Å². The van der Waals surface area contributed by atoms with Crippen LogP contribution in [0.5, 0.6) is 0 Å². The van der Waals surface area contributed by atoms with Crippen molar-refractivity contribution in [3.63, 3.8) is 0 Å². The number of nitrogens with one attached hydrogen (secondary N) is 1. The smallest absolute Gasteiger partial charge is 0.255 e. The van der Waals surface area contributed by atoms with E-state index in [1.54, 1.807) is 11.8 Å². The van der Waals surface area contributed by atoms with Crippen molar-refractivity contribution in [3.8, 4) is 0 Å². The van der Waals surface area contributed by atoms with Gasteiger partial charge in [0, 0.05) is 66.2 Å². The molecule has 1 amide bonds. The number of thioether (sulfide) groups is 1. The quantitative estimate of drug-likeness (QED) is 0.359. The van der Waals surface area contributed by atoms with Gasteiger partial charge < -0.3 is 19.5 Å². The maximum absolute atomic E-state index is 12.8. The Morgan fingerprint density at radius 3 is 2.54 bits per heavy atom. The number of aryl methyl sites for hydroxylation is 1. The number of imidazole rings is 1. The van der Waals surface area contributed by atoms with E-state index >= 15 is 0 Å². The van der Waals surface area contributed by atoms with E-state index in [1.807, 2.05) is 59.1 Å². The van der Waals surface area contributed by atoms with Crippen molar-refractivity contribution in [3.05, 3.63) is 89.9 Å². The summed E-state index contributed by atoms with van der Waals surface area (Å²) in [5.41, 5.74) is 5.91. The van der Waals surface area contributed by atoms with Crippen molar-refractivity contribution < 1.29 is 4.79 Å². The first-order chi connectivity index (χ1) is 17.1. The van der Waals surface area contributed by atoms with Gasteiger partial charge in [-0.3, -0.25) is 4.79 Å². The van der Waals surface area contributed by atoms with Crippen molar-refractivity contribution in [2.45, 2.75) is 24.5 Å². The molecule has 0 spiro atoms. The van der Waals surface area contributed by atoms with E-state index in [0.29, 0.717) is 5.56 Å². The average Bonchev–Trinajstić information content (AvgIpc) is 3.31. The maximum atomic E-state index is 12.8. The molecule has 35 heavy (non-hydrogen) atoms. The number of likely N-dealkylation sites (N-methyl/N-ethyl adjacent to an activating group) is 1. The molecule has 0 saturated carbocycles. The lowest BCUT2D eigenvalue weighted by Gasteiger charge is -2.36. The molecule has 3 heterocycles. The minimum absolute atomic E-state index is 0.0920. The van der Waals surface area contributed by atoms with Crippen molar-refractivity contribution in [1.82, 2.24) is 14.3 Å². The van der Waals surface area contributed by atoms with Crippen LogP contribution in [0.25, 0.3) is 5.65 Å². The summed E-state index contributed by atoms with van der Waals surface area (Å²) in [7, 11) is 0. The van der Waals surface area contributed by atoms with Gasteiger partial charge in [-0.15, -0.1) is 11.8 Å². The van der Waals surface area contributed by atoms with Crippen LogP contribution in [0.1, 0.15) is 28.5 Å². The number of aromatic nitrogens is 2. The minimum Gasteiger partial charge on any atom is -0.369 e. The lowest BCUT2D eigenvalue weighted by molar-refractivity contribution is 0.102. The van der Waals surface area contributed by atoms with E-state index in [1.165, 1.54) is 11.3 Å². The summed E-state index contributed by atoms with van der Waals surface area (Å²) in [6.45, 7) is 9.73. The number of amides is 1. The van der Waals surface area contributed by atoms with Crippen LogP contribution in [-0.2, 0) is 5.75 Å². The third-order valence-electron chi connectivity index (χ3n) is 6.53. The van der Waals surface area contributed by atoms with Crippen molar-refractivity contribution >= 4 is 34.7 Å². The third kappa shape index (κ3) is 5.52. The number of fused-ring (bicyclic) bond motifs is 1. The molecule has 4 aromatic rings. The first-order valence-corrected chi connectivity index (χ1v) is 13.1. The van der Waals surface area contributed by atoms with Crippen LogP contribution in [0.4, 0.5) is 11.4 Å². The van der Waals surface area contributed by atoms with Crippen LogP contribution in [-0.4, -0.2) is 52.9 Å². The number of hydrogen-bond donors (Lipinski definition) is 1. The van der Waals surface area contributed by atoms with Gasteiger partial charge in [-0.25, -0.2) is 4.98 Å². The number of pyridine rings is 1. The number of piperazine rings is 1. The van der Waals surface area contributed by atoms with Crippen LogP contribution < -0.4 is 10.2 Å². The van der Waals surface area contributed by atoms with E-state index in [-0.39, 0.29) is 5.91 Å². The van der Waals surface area contributed by atoms with E-state index < -0.39 is 0 Å². The number of carbonyl (C=O) groups is 1. The average molecular weight is 486 g/mol. The van der Waals surface area contributed by atoms with Gasteiger partial charge >= 0.3 is 0 Å². The molecule has 1 N–H and O–H groups in total. The van der Waals surface area contributed by atoms with E-state index in [9.17, 15) is 4.79 Å². The zero-order valence-corrected chi connectivity index (χ0v) is 21.1. The Hall–Kier alpha value is -3.29. The SMILES string of the molecule is CCN1CCN(c2ccc(NC(=O)c3ccc(SCc4cn5ccccc5n4)cc3)cc2C)CC1. The number of hydrogen-bond acceptors (Lipinski definition) is 5. The molecule has 0 radical (unpaired) electrons. The largest absolute Gasteiger partial charge is 0.369 e. The van der Waals surface area contributed by atoms with E-state index in [4.69, 9.17) is 0 Å². The summed E-state index contributed by atoms with van der Waals surface area (Å²) in [6.07, 6.45) is 4.06. The fraction of sp³-hybridized carbons (Fsp3) is 0.286. The second-order valence-corrected chi connectivity index (χ2v) is 9.94. The molecule has 1 aliphatic heterocycles. The fourth-order valence-electron chi connectivity index (χ4n) is 4.51. The van der Waals surface area contributed by atoms with E-state index in [2.05, 4.69) is 52.3 Å². The van der Waals surface area contributed by atoms with Crippen LogP contribution in [0.3, 0.4) is 0 Å². The van der Waals surface area contributed by atoms with Crippen LogP contribution in [0.15, 0.2) is 78.0 Å². The number of benzene rings is 2. The molecule has 180 valence electrons. The second-order valence-electron chi connectivity index (χ2n) is 8.89. The van der Waals surface area contributed by atoms with Gasteiger partial charge in [-0.1, -0.05) is 13.0 Å². The standard InChI is InChI=1S/C28H31N5OS/c1-3-31-14-16-32(17-15-31)26-12-9-23(18-21(26)2)30-28(34)22-7-10-25(11-8-22)35-20-24-19-33-13-5-4-6-27(33)29-24/h4-13,18-19H,3,14-17,20H2,1-2H3,(H,30,34). The number of anilines is 2. The molecule has 1 saturated heterocycles. The molecule has 6 nitrogen and oxygen atoms in total. The van der Waals surface area contributed by atoms with Crippen molar-refractivity contribution in [2.24, 2.45) is 0 Å². The molecule has 0 aliphatic carbocycles. The van der Waals surface area contributed by atoms with Gasteiger partial charge in [0.2, 0.25) is 0 Å². The van der Waals surface area contributed by atoms with Crippen molar-refractivity contribution in [1.29, 1.82) is 0 Å². The van der Waals surface area contributed by atoms with Gasteiger partial charge in [-0.05, 0) is 73.6 Å². The Morgan fingerprint density at radius 2 is 1.83 bits per heavy atom. The number of nitrogens with zero attached hydrogens (tertiary/aromatic N) is 4. The van der Waals surface area contributed by atoms with Crippen LogP contribution in [0.2, 0.25) is 0 Å². The highest BCUT2D eigenvalue weighted by atomic mass is 32.2. The van der Waals surface area contributed by atoms with Gasteiger partial charge in [0.15, 0.2) is 0 Å². The number of rotatable bonds is 7. The topological polar surface area (TPSA) is 52.9 Å². The predicted molar refractivity (Wildman–Crippen MR) is 145 cm³/mol. The zero-order chi connectivity index (χ0) is 24.2. The second kappa shape index (κ2) is 10.5. The summed E-state index contributed by atoms with van der Waals surface area (Å²) in [5.74, 6) is 0.692. The molecule has 7 heteroatoms. The van der Waals surface area contributed by atoms with Crippen LogP contribution >= 0.6 is 11.8 Å². The third-order valence-corrected chi connectivity index (χ3v) is 7.58. The molecular formula is C28H31N5OS. The highest BCUT2D eigenvalue weighted by Crippen LogP contribution is 2.26. The Kier molecular flexibility index (Phi) is 7.06. The number of carbonyl (C=O) groups excluding carboxylic acids is 1. The first-order valence-electron chi connectivity index (χ1n) is 12.1. The van der Waals surface area contributed by atoms with Gasteiger partial charge in [0.05, 0.1) is 5.69 Å². The summed E-state index contributed by atoms with van der Waals surface area (Å²) < 4.78 is 2.03. The lowest BCUT2D eigenvalue weighted by Crippen LogP contribution is -2.46. The highest BCUT2D eigenvalue weighted by Gasteiger charge is 2.17. The normalized spacial score (nSPS) is 14.4. The zero-order valence-electron chi connectivity index (χ0n) is 20.3. The van der Waals surface area contributed by atoms with Gasteiger partial charge in [0.1, 0.15) is 5.65 Å². The molecule has 1 fully saturated rings. The Labute approximate surface area is 211 Å². The van der Waals surface area contributed by atoms with Gasteiger partial charge in [-0.2, -0.15) is 0 Å². The molecule has 0 atom stereocenters. The summed E-state index contributed by atoms with van der Waals surface area (Å²) in [6, 6.07) is 20.0. The Balaban J connectivity index is 1.17. The molecule has 2 aromatic heterocycles.